The summed E-state index contributed by atoms with van der Waals surface area (Å²) in [5.41, 5.74) is 21.9. The first kappa shape index (κ1) is 56.9. The summed E-state index contributed by atoms with van der Waals surface area (Å²) >= 11 is 0. The van der Waals surface area contributed by atoms with Crippen molar-refractivity contribution in [2.75, 3.05) is 13.2 Å². The number of hydrogen-bond donors (Lipinski definition) is 14. The molecule has 0 saturated carbocycles. The number of benzene rings is 1. The van der Waals surface area contributed by atoms with Crippen LogP contribution in [0.2, 0.25) is 0 Å². The average molecular weight is 963 g/mol. The van der Waals surface area contributed by atoms with Crippen LogP contribution in [0.4, 0.5) is 0 Å². The number of rotatable bonds is 28. The van der Waals surface area contributed by atoms with Gasteiger partial charge < -0.3 is 80.4 Å². The molecule has 0 radical (unpaired) electrons. The molecule has 0 spiro atoms. The Labute approximate surface area is 389 Å². The van der Waals surface area contributed by atoms with Crippen molar-refractivity contribution in [2.24, 2.45) is 22.9 Å². The molecule has 68 heavy (non-hydrogen) atoms. The van der Waals surface area contributed by atoms with Gasteiger partial charge in [-0.05, 0) is 52.0 Å². The third kappa shape index (κ3) is 18.6. The second-order valence-electron chi connectivity index (χ2n) is 16.1. The van der Waals surface area contributed by atoms with Crippen LogP contribution in [0.3, 0.4) is 0 Å². The standard InChI is InChI=1S/C41H62N12O15/c1-19(46-38(64)27(18-54)51-35(61)24(12-14-30(44)57)48-34(60)23(42)11-13-29(43)56)33(59)49-26(17-31(45)58)36(62)47-20(2)40(66)53-15-7-10-28(53)39(65)50-25(16-22-8-5-4-6-9-22)37(63)52-32(21(3)55)41(67)68/h4-6,8-9,19-21,23-28,32,54-55H,7,10-18,42H2,1-3H3,(H2,43,56)(H2,44,57)(H2,45,58)(H,46,64)(H,47,62)(H,48,60)(H,49,59)(H,50,65)(H,51,61)(H,52,63)(H,67,68)/t19-,20-,21+,23-,24-,25-,26-,27-,28-,32-/m0/s1. The van der Waals surface area contributed by atoms with Gasteiger partial charge in [0.2, 0.25) is 65.0 Å². The molecule has 0 unspecified atom stereocenters. The normalized spacial score (nSPS) is 17.1. The molecule has 1 aromatic carbocycles. The van der Waals surface area contributed by atoms with Crippen molar-refractivity contribution in [3.8, 4) is 0 Å². The van der Waals surface area contributed by atoms with E-state index >= 15 is 0 Å². The molecule has 1 fully saturated rings. The number of carbonyl (C=O) groups excluding carboxylic acids is 11. The first-order valence-electron chi connectivity index (χ1n) is 21.5. The van der Waals surface area contributed by atoms with Gasteiger partial charge in [0.25, 0.3) is 0 Å². The lowest BCUT2D eigenvalue weighted by atomic mass is 10.0. The molecule has 0 aromatic heterocycles. The fraction of sp³-hybridized carbons (Fsp3) is 0.561. The topological polar surface area (TPSA) is 457 Å². The van der Waals surface area contributed by atoms with Gasteiger partial charge in [-0.1, -0.05) is 30.3 Å². The third-order valence-electron chi connectivity index (χ3n) is 10.5. The maximum Gasteiger partial charge on any atom is 0.328 e. The summed E-state index contributed by atoms with van der Waals surface area (Å²) < 4.78 is 0. The van der Waals surface area contributed by atoms with Crippen LogP contribution in [-0.2, 0) is 64.0 Å². The van der Waals surface area contributed by atoms with Gasteiger partial charge in [-0.2, -0.15) is 0 Å². The number of carboxylic acid groups (broad SMARTS) is 1. The van der Waals surface area contributed by atoms with Crippen molar-refractivity contribution >= 4 is 70.9 Å². The minimum Gasteiger partial charge on any atom is -0.480 e. The van der Waals surface area contributed by atoms with Crippen molar-refractivity contribution in [1.29, 1.82) is 0 Å². The van der Waals surface area contributed by atoms with Crippen molar-refractivity contribution in [3.63, 3.8) is 0 Å². The SMILES string of the molecule is C[C@H](NC(=O)[C@H](CO)NC(=O)[C@H](CCC(N)=O)NC(=O)[C@@H](N)CCC(N)=O)C(=O)N[C@@H](CC(N)=O)C(=O)N[C@@H](C)C(=O)N1CCC[C@H]1C(=O)N[C@@H](Cc1ccccc1)C(=O)N[C@H](C(=O)O)[C@@H](C)O. The summed E-state index contributed by atoms with van der Waals surface area (Å²) in [7, 11) is 0. The highest BCUT2D eigenvalue weighted by Crippen LogP contribution is 2.19. The lowest BCUT2D eigenvalue weighted by Gasteiger charge is -2.30. The van der Waals surface area contributed by atoms with Gasteiger partial charge in [-0.15, -0.1) is 0 Å². The highest BCUT2D eigenvalue weighted by atomic mass is 16.4. The van der Waals surface area contributed by atoms with Crippen LogP contribution in [0, 0.1) is 0 Å². The number of aliphatic hydroxyl groups excluding tert-OH is 2. The molecule has 1 saturated heterocycles. The number of amides is 11. The van der Waals surface area contributed by atoms with E-state index in [2.05, 4.69) is 37.2 Å². The number of aliphatic carboxylic acids is 1. The first-order valence-corrected chi connectivity index (χ1v) is 21.5. The van der Waals surface area contributed by atoms with Gasteiger partial charge in [-0.25, -0.2) is 4.79 Å². The van der Waals surface area contributed by atoms with E-state index in [-0.39, 0.29) is 38.6 Å². The van der Waals surface area contributed by atoms with Gasteiger partial charge >= 0.3 is 5.97 Å². The summed E-state index contributed by atoms with van der Waals surface area (Å²) in [4.78, 5) is 154. The molecule has 0 bridgehead atoms. The number of primary amides is 3. The molecular formula is C41H62N12O15. The van der Waals surface area contributed by atoms with E-state index < -0.39 is 151 Å². The zero-order valence-corrected chi connectivity index (χ0v) is 37.7. The molecule has 1 aliphatic heterocycles. The number of nitrogens with one attached hydrogen (secondary N) is 7. The molecule has 2 rings (SSSR count). The van der Waals surface area contributed by atoms with Crippen molar-refractivity contribution in [3.05, 3.63) is 35.9 Å². The van der Waals surface area contributed by atoms with E-state index in [4.69, 9.17) is 22.9 Å². The number of aliphatic hydroxyl groups is 2. The average Bonchev–Trinajstić information content (AvgIpc) is 3.77. The maximum atomic E-state index is 13.7. The van der Waals surface area contributed by atoms with Crippen LogP contribution in [0.15, 0.2) is 30.3 Å². The third-order valence-corrected chi connectivity index (χ3v) is 10.5. The van der Waals surface area contributed by atoms with Gasteiger partial charge in [0, 0.05) is 25.8 Å². The monoisotopic (exact) mass is 962 g/mol. The molecule has 1 heterocycles. The Morgan fingerprint density at radius 2 is 1.18 bits per heavy atom. The van der Waals surface area contributed by atoms with Crippen LogP contribution in [0.1, 0.15) is 71.3 Å². The smallest absolute Gasteiger partial charge is 0.328 e. The Morgan fingerprint density at radius 3 is 1.74 bits per heavy atom. The predicted molar refractivity (Wildman–Crippen MR) is 235 cm³/mol. The van der Waals surface area contributed by atoms with E-state index in [9.17, 15) is 72.9 Å². The second kappa shape index (κ2) is 27.4. The zero-order valence-electron chi connectivity index (χ0n) is 37.7. The molecule has 10 atom stereocenters. The summed E-state index contributed by atoms with van der Waals surface area (Å²) in [6.45, 7) is 2.56. The molecule has 1 aliphatic rings. The van der Waals surface area contributed by atoms with E-state index in [0.717, 1.165) is 18.7 Å². The van der Waals surface area contributed by atoms with Crippen LogP contribution < -0.4 is 60.2 Å². The Balaban J connectivity index is 2.14. The van der Waals surface area contributed by atoms with Gasteiger partial charge in [0.05, 0.1) is 25.2 Å². The van der Waals surface area contributed by atoms with Gasteiger partial charge in [0.15, 0.2) is 6.04 Å². The Hall–Kier alpha value is -7.26. The number of likely N-dealkylation sites (tertiary alicyclic amines) is 1. The van der Waals surface area contributed by atoms with Crippen LogP contribution in [0.25, 0.3) is 0 Å². The van der Waals surface area contributed by atoms with E-state index in [1.165, 1.54) is 6.92 Å². The Bertz CT molecular complexity index is 2020. The highest BCUT2D eigenvalue weighted by molar-refractivity contribution is 5.99. The minimum absolute atomic E-state index is 0.0407. The first-order chi connectivity index (χ1) is 31.9. The van der Waals surface area contributed by atoms with Gasteiger partial charge in [-0.3, -0.25) is 52.7 Å². The largest absolute Gasteiger partial charge is 0.480 e. The highest BCUT2D eigenvalue weighted by Gasteiger charge is 2.39. The van der Waals surface area contributed by atoms with E-state index in [1.807, 2.05) is 0 Å². The number of nitrogens with zero attached hydrogens (tertiary/aromatic N) is 1. The fourth-order valence-electron chi connectivity index (χ4n) is 6.71. The van der Waals surface area contributed by atoms with Crippen molar-refractivity contribution in [1.82, 2.24) is 42.1 Å². The van der Waals surface area contributed by atoms with Crippen LogP contribution in [-0.4, -0.2) is 165 Å². The molecule has 11 amide bonds. The van der Waals surface area contributed by atoms with Crippen LogP contribution >= 0.6 is 0 Å². The predicted octanol–water partition coefficient (Wildman–Crippen LogP) is -7.16. The van der Waals surface area contributed by atoms with E-state index in [0.29, 0.717) is 12.0 Å². The molecular weight excluding hydrogens is 901 g/mol. The number of carbonyl (C=O) groups is 12. The Morgan fingerprint density at radius 1 is 0.647 bits per heavy atom. The molecule has 0 aliphatic carbocycles. The molecule has 18 N–H and O–H groups in total. The minimum atomic E-state index is -1.76. The van der Waals surface area contributed by atoms with Gasteiger partial charge in [0.1, 0.15) is 42.3 Å². The molecule has 27 nitrogen and oxygen atoms in total. The second-order valence-corrected chi connectivity index (χ2v) is 16.1. The summed E-state index contributed by atoms with van der Waals surface area (Å²) in [6, 6.07) is -4.99. The van der Waals surface area contributed by atoms with E-state index in [1.54, 1.807) is 30.3 Å². The van der Waals surface area contributed by atoms with Crippen LogP contribution in [0.5, 0.6) is 0 Å². The molecule has 27 heteroatoms. The lowest BCUT2D eigenvalue weighted by Crippen LogP contribution is -2.60. The number of nitrogens with two attached hydrogens (primary N) is 4. The van der Waals surface area contributed by atoms with Crippen molar-refractivity contribution in [2.45, 2.75) is 133 Å². The molecule has 1 aromatic rings. The summed E-state index contributed by atoms with van der Waals surface area (Å²) in [5, 5.41) is 45.4. The summed E-state index contributed by atoms with van der Waals surface area (Å²) in [5.74, 6) is -11.9. The molecule has 376 valence electrons. The summed E-state index contributed by atoms with van der Waals surface area (Å²) in [6.07, 6.45) is -3.12. The maximum absolute atomic E-state index is 13.7. The number of carboxylic acids is 1. The fourth-order valence-corrected chi connectivity index (χ4v) is 6.71. The van der Waals surface area contributed by atoms with Crippen molar-refractivity contribution < 1.29 is 72.9 Å². The Kier molecular flexibility index (Phi) is 22.9. The lowest BCUT2D eigenvalue weighted by molar-refractivity contribution is -0.145. The quantitative estimate of drug-likeness (QED) is 0.0371. The zero-order chi connectivity index (χ0) is 51.4. The number of hydrogen-bond acceptors (Lipinski definition) is 15.